The van der Waals surface area contributed by atoms with Crippen molar-refractivity contribution in [1.29, 1.82) is 0 Å². The van der Waals surface area contributed by atoms with E-state index in [9.17, 15) is 14.5 Å². The zero-order chi connectivity index (χ0) is 20.6. The molecule has 2 rings (SSSR count). The van der Waals surface area contributed by atoms with Crippen LogP contribution in [-0.4, -0.2) is 28.3 Å². The number of para-hydroxylation sites is 2. The van der Waals surface area contributed by atoms with Gasteiger partial charge in [-0.1, -0.05) is 63.1 Å². The maximum absolute atomic E-state index is 14.0. The van der Waals surface area contributed by atoms with Crippen LogP contribution in [0.4, 0.5) is 0 Å². The molecule has 0 heterocycles. The standard InChI is InChI=1S/C21H28NO5P/c1-4-18(5-2)16-22(17(3)21(23)24)28(25,26-19-12-8-6-9-13-19)27-20-14-10-7-11-15-20/h6-15,17-18H,4-5,16H2,1-3H3,(H,23,24)/t17-/m0/s1. The van der Waals surface area contributed by atoms with Crippen LogP contribution in [0.15, 0.2) is 60.7 Å². The number of carboxylic acid groups (broad SMARTS) is 1. The monoisotopic (exact) mass is 405 g/mol. The second-order valence-corrected chi connectivity index (χ2v) is 8.41. The largest absolute Gasteiger partial charge is 0.516 e. The molecule has 0 saturated carbocycles. The van der Waals surface area contributed by atoms with E-state index in [1.807, 2.05) is 26.0 Å². The molecular weight excluding hydrogens is 377 g/mol. The number of nitrogens with zero attached hydrogens (tertiary/aromatic N) is 1. The van der Waals surface area contributed by atoms with E-state index >= 15 is 0 Å². The third kappa shape index (κ3) is 5.85. The average Bonchev–Trinajstić information content (AvgIpc) is 2.69. The molecule has 0 spiro atoms. The number of carboxylic acids is 1. The quantitative estimate of drug-likeness (QED) is 0.500. The second kappa shape index (κ2) is 10.3. The van der Waals surface area contributed by atoms with E-state index in [0.29, 0.717) is 11.5 Å². The fourth-order valence-corrected chi connectivity index (χ4v) is 4.74. The first kappa shape index (κ1) is 22.0. The van der Waals surface area contributed by atoms with Gasteiger partial charge in [-0.05, 0) is 37.1 Å². The van der Waals surface area contributed by atoms with Gasteiger partial charge in [0.2, 0.25) is 0 Å². The Morgan fingerprint density at radius 1 is 0.964 bits per heavy atom. The third-order valence-electron chi connectivity index (χ3n) is 4.65. The molecule has 1 N–H and O–H groups in total. The van der Waals surface area contributed by atoms with Crippen LogP contribution in [0.2, 0.25) is 0 Å². The zero-order valence-corrected chi connectivity index (χ0v) is 17.4. The summed E-state index contributed by atoms with van der Waals surface area (Å²) in [4.78, 5) is 11.8. The molecular formula is C21H28NO5P. The summed E-state index contributed by atoms with van der Waals surface area (Å²) >= 11 is 0. The van der Waals surface area contributed by atoms with Crippen LogP contribution in [0.3, 0.4) is 0 Å². The Hall–Kier alpha value is -2.30. The Morgan fingerprint density at radius 3 is 1.75 bits per heavy atom. The number of hydrogen-bond acceptors (Lipinski definition) is 4. The van der Waals surface area contributed by atoms with Crippen LogP contribution in [0.25, 0.3) is 0 Å². The highest BCUT2D eigenvalue weighted by Crippen LogP contribution is 2.53. The van der Waals surface area contributed by atoms with Gasteiger partial charge in [0.1, 0.15) is 17.5 Å². The van der Waals surface area contributed by atoms with Crippen molar-refractivity contribution in [3.8, 4) is 11.5 Å². The third-order valence-corrected chi connectivity index (χ3v) is 6.67. The molecule has 6 nitrogen and oxygen atoms in total. The first-order valence-corrected chi connectivity index (χ1v) is 11.0. The molecule has 2 aromatic carbocycles. The van der Waals surface area contributed by atoms with Crippen LogP contribution in [0.1, 0.15) is 33.6 Å². The summed E-state index contributed by atoms with van der Waals surface area (Å²) in [6.07, 6.45) is 1.66. The number of hydrogen-bond donors (Lipinski definition) is 1. The highest BCUT2D eigenvalue weighted by atomic mass is 31.2. The van der Waals surface area contributed by atoms with Crippen LogP contribution in [-0.2, 0) is 9.36 Å². The Kier molecular flexibility index (Phi) is 8.09. The summed E-state index contributed by atoms with van der Waals surface area (Å²) in [5.41, 5.74) is 0. The van der Waals surface area contributed by atoms with Gasteiger partial charge in [-0.25, -0.2) is 4.57 Å². The summed E-state index contributed by atoms with van der Waals surface area (Å²) in [7, 11) is -4.01. The van der Waals surface area contributed by atoms with Gasteiger partial charge in [-0.15, -0.1) is 0 Å². The van der Waals surface area contributed by atoms with Crippen LogP contribution >= 0.6 is 7.75 Å². The smallest absolute Gasteiger partial charge is 0.480 e. The molecule has 0 aliphatic heterocycles. The van der Waals surface area contributed by atoms with Crippen LogP contribution < -0.4 is 9.05 Å². The number of carbonyl (C=O) groups is 1. The molecule has 0 unspecified atom stereocenters. The minimum Gasteiger partial charge on any atom is -0.480 e. The average molecular weight is 405 g/mol. The predicted molar refractivity (Wildman–Crippen MR) is 110 cm³/mol. The molecule has 0 aliphatic rings. The SMILES string of the molecule is CCC(CC)CN([C@@H](C)C(=O)O)P(=O)(Oc1ccccc1)Oc1ccccc1. The topological polar surface area (TPSA) is 76.1 Å². The maximum Gasteiger partial charge on any atom is 0.516 e. The van der Waals surface area contributed by atoms with E-state index in [1.54, 1.807) is 48.5 Å². The van der Waals surface area contributed by atoms with Gasteiger partial charge in [0.25, 0.3) is 0 Å². The molecule has 0 fully saturated rings. The molecule has 1 atom stereocenters. The van der Waals surface area contributed by atoms with Crippen molar-refractivity contribution in [3.05, 3.63) is 60.7 Å². The summed E-state index contributed by atoms with van der Waals surface area (Å²) < 4.78 is 27.0. The van der Waals surface area contributed by atoms with Gasteiger partial charge >= 0.3 is 13.7 Å². The lowest BCUT2D eigenvalue weighted by Crippen LogP contribution is -2.41. The van der Waals surface area contributed by atoms with Crippen molar-refractivity contribution in [3.63, 3.8) is 0 Å². The molecule has 0 saturated heterocycles. The van der Waals surface area contributed by atoms with Gasteiger partial charge < -0.3 is 14.2 Å². The van der Waals surface area contributed by atoms with E-state index in [-0.39, 0.29) is 12.5 Å². The van der Waals surface area contributed by atoms with Crippen LogP contribution in [0.5, 0.6) is 11.5 Å². The molecule has 152 valence electrons. The van der Waals surface area contributed by atoms with Crippen LogP contribution in [0, 0.1) is 5.92 Å². The number of rotatable bonds is 11. The van der Waals surface area contributed by atoms with Crippen molar-refractivity contribution in [2.24, 2.45) is 5.92 Å². The van der Waals surface area contributed by atoms with E-state index in [2.05, 4.69) is 0 Å². The summed E-state index contributed by atoms with van der Waals surface area (Å²) in [5, 5.41) is 9.63. The Bertz CT molecular complexity index is 734. The summed E-state index contributed by atoms with van der Waals surface area (Å²) in [5.74, 6) is -0.212. The first-order chi connectivity index (χ1) is 13.4. The van der Waals surface area contributed by atoms with Crippen molar-refractivity contribution < 1.29 is 23.5 Å². The highest BCUT2D eigenvalue weighted by molar-refractivity contribution is 7.52. The molecule has 0 aromatic heterocycles. The Balaban J connectivity index is 2.46. The minimum absolute atomic E-state index is 0.161. The Morgan fingerprint density at radius 2 is 1.39 bits per heavy atom. The van der Waals surface area contributed by atoms with E-state index in [1.165, 1.54) is 11.6 Å². The predicted octanol–water partition coefficient (Wildman–Crippen LogP) is 5.46. The van der Waals surface area contributed by atoms with Gasteiger partial charge in [-0.2, -0.15) is 4.67 Å². The molecule has 28 heavy (non-hydrogen) atoms. The Labute approximate surface area is 166 Å². The molecule has 0 amide bonds. The van der Waals surface area contributed by atoms with Crippen molar-refractivity contribution in [2.45, 2.75) is 39.7 Å². The van der Waals surface area contributed by atoms with Gasteiger partial charge in [0, 0.05) is 6.54 Å². The van der Waals surface area contributed by atoms with Crippen molar-refractivity contribution in [1.82, 2.24) is 4.67 Å². The molecule has 0 aliphatic carbocycles. The minimum atomic E-state index is -4.01. The molecule has 0 radical (unpaired) electrons. The van der Waals surface area contributed by atoms with E-state index in [0.717, 1.165) is 12.8 Å². The molecule has 7 heteroatoms. The fraction of sp³-hybridized carbons (Fsp3) is 0.381. The number of benzene rings is 2. The van der Waals surface area contributed by atoms with Gasteiger partial charge in [0.05, 0.1) is 0 Å². The van der Waals surface area contributed by atoms with Gasteiger partial charge in [-0.3, -0.25) is 4.79 Å². The number of aliphatic carboxylic acids is 1. The van der Waals surface area contributed by atoms with E-state index in [4.69, 9.17) is 9.05 Å². The highest BCUT2D eigenvalue weighted by Gasteiger charge is 2.43. The van der Waals surface area contributed by atoms with Gasteiger partial charge in [0.15, 0.2) is 0 Å². The van der Waals surface area contributed by atoms with E-state index < -0.39 is 19.8 Å². The lowest BCUT2D eigenvalue weighted by Gasteiger charge is -2.34. The summed E-state index contributed by atoms with van der Waals surface area (Å²) in [6, 6.07) is 16.3. The fourth-order valence-electron chi connectivity index (χ4n) is 2.76. The van der Waals surface area contributed by atoms with Crippen molar-refractivity contribution >= 4 is 13.7 Å². The summed E-state index contributed by atoms with van der Waals surface area (Å²) in [6.45, 7) is 5.84. The molecule has 0 bridgehead atoms. The molecule has 2 aromatic rings. The zero-order valence-electron chi connectivity index (χ0n) is 16.5. The normalized spacial score (nSPS) is 12.8. The van der Waals surface area contributed by atoms with Crippen molar-refractivity contribution in [2.75, 3.05) is 6.54 Å². The maximum atomic E-state index is 14.0. The first-order valence-electron chi connectivity index (χ1n) is 9.48. The second-order valence-electron chi connectivity index (χ2n) is 6.60. The lowest BCUT2D eigenvalue weighted by molar-refractivity contribution is -0.141. The lowest BCUT2D eigenvalue weighted by atomic mass is 10.0.